The summed E-state index contributed by atoms with van der Waals surface area (Å²) >= 11 is 0. The Hall–Kier alpha value is -1.02. The van der Waals surface area contributed by atoms with Crippen molar-refractivity contribution in [1.82, 2.24) is 25.5 Å². The van der Waals surface area contributed by atoms with E-state index in [1.54, 1.807) is 18.5 Å². The lowest BCUT2D eigenvalue weighted by molar-refractivity contribution is 0.398. The maximum absolute atomic E-state index is 11.7. The molecule has 0 spiro atoms. The molecule has 0 aliphatic rings. The molecule has 19 heavy (non-hydrogen) atoms. The lowest BCUT2D eigenvalue weighted by Crippen LogP contribution is -2.39. The molecule has 0 atom stereocenters. The highest BCUT2D eigenvalue weighted by Gasteiger charge is 2.32. The minimum Gasteiger partial charge on any atom is -0.305 e. The molecule has 0 bridgehead atoms. The van der Waals surface area contributed by atoms with Gasteiger partial charge >= 0.3 is 0 Å². The van der Waals surface area contributed by atoms with Crippen molar-refractivity contribution in [2.24, 2.45) is 0 Å². The van der Waals surface area contributed by atoms with Gasteiger partial charge in [-0.1, -0.05) is 0 Å². The fraction of sp³-hybridized carbons (Fsp3) is 0.909. The molecule has 7 nitrogen and oxygen atoms in total. The van der Waals surface area contributed by atoms with E-state index >= 15 is 0 Å². The molecule has 0 radical (unpaired) electrons. The second-order valence-electron chi connectivity index (χ2n) is 6.39. The van der Waals surface area contributed by atoms with Crippen LogP contribution in [0.25, 0.3) is 0 Å². The molecule has 110 valence electrons. The first-order valence-electron chi connectivity index (χ1n) is 6.12. The molecule has 0 amide bonds. The van der Waals surface area contributed by atoms with Crippen LogP contribution in [0.1, 0.15) is 40.4 Å². The van der Waals surface area contributed by atoms with Crippen molar-refractivity contribution in [3.8, 4) is 0 Å². The molecular weight excluding hydrogens is 266 g/mol. The van der Waals surface area contributed by atoms with Crippen LogP contribution in [-0.4, -0.2) is 45.2 Å². The summed E-state index contributed by atoms with van der Waals surface area (Å²) in [6.45, 7) is 10.2. The van der Waals surface area contributed by atoms with Gasteiger partial charge in [0.1, 0.15) is 0 Å². The van der Waals surface area contributed by atoms with E-state index in [1.165, 1.54) is 6.26 Å². The van der Waals surface area contributed by atoms with Gasteiger partial charge in [-0.05, 0) is 45.0 Å². The number of nitrogens with zero attached hydrogens (tertiary/aromatic N) is 4. The van der Waals surface area contributed by atoms with Gasteiger partial charge in [-0.2, -0.15) is 0 Å². The van der Waals surface area contributed by atoms with Gasteiger partial charge in [0, 0.05) is 11.8 Å². The lowest BCUT2D eigenvalue weighted by atomic mass is 10.1. The zero-order valence-corrected chi connectivity index (χ0v) is 13.2. The first-order valence-corrected chi connectivity index (χ1v) is 8.01. The summed E-state index contributed by atoms with van der Waals surface area (Å²) in [5, 5.41) is 14.7. The molecule has 1 aromatic heterocycles. The Balaban J connectivity index is 2.85. The van der Waals surface area contributed by atoms with Gasteiger partial charge in [0.25, 0.3) is 0 Å². The van der Waals surface area contributed by atoms with E-state index < -0.39 is 14.6 Å². The van der Waals surface area contributed by atoms with E-state index in [-0.39, 0.29) is 12.1 Å². The number of sulfone groups is 1. The van der Waals surface area contributed by atoms with Crippen LogP contribution in [0.15, 0.2) is 0 Å². The molecular formula is C11H23N5O2S. The van der Waals surface area contributed by atoms with Gasteiger partial charge in [-0.3, -0.25) is 0 Å². The van der Waals surface area contributed by atoms with E-state index in [0.29, 0.717) is 12.4 Å². The third kappa shape index (κ3) is 4.54. The van der Waals surface area contributed by atoms with E-state index in [4.69, 9.17) is 0 Å². The van der Waals surface area contributed by atoms with Crippen LogP contribution in [0.2, 0.25) is 0 Å². The fourth-order valence-electron chi connectivity index (χ4n) is 1.29. The molecule has 0 aliphatic carbocycles. The third-order valence-electron chi connectivity index (χ3n) is 2.92. The summed E-state index contributed by atoms with van der Waals surface area (Å²) < 4.78 is 24.1. The Labute approximate surface area is 114 Å². The number of aromatic nitrogens is 4. The number of hydrogen-bond donors (Lipinski definition) is 1. The first-order chi connectivity index (χ1) is 8.42. The highest BCUT2D eigenvalue weighted by atomic mass is 32.2. The van der Waals surface area contributed by atoms with Crippen LogP contribution in [0.4, 0.5) is 0 Å². The van der Waals surface area contributed by atoms with Gasteiger partial charge in [-0.25, -0.2) is 13.1 Å². The van der Waals surface area contributed by atoms with Crippen molar-refractivity contribution >= 4 is 9.84 Å². The van der Waals surface area contributed by atoms with Crippen LogP contribution in [0.5, 0.6) is 0 Å². The van der Waals surface area contributed by atoms with Crippen molar-refractivity contribution < 1.29 is 8.42 Å². The smallest absolute Gasteiger partial charge is 0.165 e. The summed E-state index contributed by atoms with van der Waals surface area (Å²) in [5.74, 6) is 0.631. The minimum absolute atomic E-state index is 0.0524. The third-order valence-corrected chi connectivity index (χ3v) is 5.05. The normalized spacial score (nSPS) is 13.8. The summed E-state index contributed by atoms with van der Waals surface area (Å²) in [5.41, 5.74) is -0.0524. The van der Waals surface area contributed by atoms with Gasteiger partial charge in [0.05, 0.1) is 17.8 Å². The van der Waals surface area contributed by atoms with Gasteiger partial charge in [-0.15, -0.1) is 5.10 Å². The largest absolute Gasteiger partial charge is 0.305 e. The van der Waals surface area contributed by atoms with Crippen LogP contribution < -0.4 is 5.32 Å². The minimum atomic E-state index is -3.18. The zero-order chi connectivity index (χ0) is 14.9. The number of nitrogens with one attached hydrogen (secondary N) is 1. The predicted molar refractivity (Wildman–Crippen MR) is 73.3 cm³/mol. The molecule has 1 N–H and O–H groups in total. The van der Waals surface area contributed by atoms with Crippen LogP contribution in [-0.2, 0) is 22.9 Å². The molecule has 1 heterocycles. The molecule has 0 saturated carbocycles. The molecule has 0 aliphatic heterocycles. The van der Waals surface area contributed by atoms with Crippen molar-refractivity contribution in [2.75, 3.05) is 6.26 Å². The van der Waals surface area contributed by atoms with Gasteiger partial charge in [0.15, 0.2) is 15.7 Å². The summed E-state index contributed by atoms with van der Waals surface area (Å²) in [7, 11) is -3.18. The topological polar surface area (TPSA) is 89.8 Å². The van der Waals surface area contributed by atoms with E-state index in [1.807, 2.05) is 20.8 Å². The van der Waals surface area contributed by atoms with Crippen molar-refractivity contribution in [1.29, 1.82) is 0 Å². The number of hydrogen-bond acceptors (Lipinski definition) is 6. The first kappa shape index (κ1) is 16.0. The Morgan fingerprint density at radius 1 is 1.21 bits per heavy atom. The monoisotopic (exact) mass is 289 g/mol. The van der Waals surface area contributed by atoms with Crippen LogP contribution in [0.3, 0.4) is 0 Å². The van der Waals surface area contributed by atoms with E-state index in [2.05, 4.69) is 20.8 Å². The van der Waals surface area contributed by atoms with Crippen molar-refractivity contribution in [2.45, 2.75) is 58.0 Å². The highest BCUT2D eigenvalue weighted by molar-refractivity contribution is 7.92. The Morgan fingerprint density at radius 2 is 1.79 bits per heavy atom. The fourth-order valence-corrected chi connectivity index (χ4v) is 1.65. The van der Waals surface area contributed by atoms with Gasteiger partial charge in [0.2, 0.25) is 0 Å². The molecule has 8 heteroatoms. The maximum Gasteiger partial charge on any atom is 0.165 e. The SMILES string of the molecule is CC(C)(C)NCc1nnnn1CC(C)(C)S(C)(=O)=O. The molecule has 0 saturated heterocycles. The molecule has 0 unspecified atom stereocenters. The average Bonchev–Trinajstić information content (AvgIpc) is 2.58. The van der Waals surface area contributed by atoms with E-state index in [0.717, 1.165) is 0 Å². The quantitative estimate of drug-likeness (QED) is 0.843. The Kier molecular flexibility index (Phi) is 4.36. The van der Waals surface area contributed by atoms with Crippen molar-refractivity contribution in [3.05, 3.63) is 5.82 Å². The summed E-state index contributed by atoms with van der Waals surface area (Å²) in [6.07, 6.45) is 1.23. The van der Waals surface area contributed by atoms with E-state index in [9.17, 15) is 8.42 Å². The predicted octanol–water partition coefficient (Wildman–Crippen LogP) is 0.384. The number of tetrazole rings is 1. The van der Waals surface area contributed by atoms with Crippen LogP contribution in [0, 0.1) is 0 Å². The molecule has 1 rings (SSSR count). The Morgan fingerprint density at radius 3 is 2.26 bits per heavy atom. The molecule has 0 fully saturated rings. The lowest BCUT2D eigenvalue weighted by Gasteiger charge is -2.23. The highest BCUT2D eigenvalue weighted by Crippen LogP contribution is 2.17. The van der Waals surface area contributed by atoms with Crippen molar-refractivity contribution in [3.63, 3.8) is 0 Å². The van der Waals surface area contributed by atoms with Gasteiger partial charge < -0.3 is 5.32 Å². The zero-order valence-electron chi connectivity index (χ0n) is 12.4. The second-order valence-corrected chi connectivity index (χ2v) is 9.04. The standard InChI is InChI=1S/C11H23N5O2S/c1-10(2,3)12-7-9-13-14-15-16(9)8-11(4,5)19(6,17)18/h12H,7-8H2,1-6H3. The average molecular weight is 289 g/mol. The van der Waals surface area contributed by atoms with Crippen LogP contribution >= 0.6 is 0 Å². The summed E-state index contributed by atoms with van der Waals surface area (Å²) in [4.78, 5) is 0. The summed E-state index contributed by atoms with van der Waals surface area (Å²) in [6, 6.07) is 0. The Bertz CT molecular complexity index is 528. The molecule has 1 aromatic rings. The number of rotatable bonds is 5. The second kappa shape index (κ2) is 5.16. The molecule has 0 aromatic carbocycles. The maximum atomic E-state index is 11.7.